The minimum atomic E-state index is 0.214. The van der Waals surface area contributed by atoms with Crippen LogP contribution in [0.15, 0.2) is 24.3 Å². The van der Waals surface area contributed by atoms with Gasteiger partial charge in [0.25, 0.3) is 0 Å². The Labute approximate surface area is 130 Å². The van der Waals surface area contributed by atoms with Crippen molar-refractivity contribution in [2.45, 2.75) is 6.54 Å². The van der Waals surface area contributed by atoms with Crippen molar-refractivity contribution < 1.29 is 9.53 Å². The van der Waals surface area contributed by atoms with E-state index in [1.807, 2.05) is 28.8 Å². The minimum absolute atomic E-state index is 0.214. The van der Waals surface area contributed by atoms with Crippen LogP contribution in [-0.4, -0.2) is 60.5 Å². The van der Waals surface area contributed by atoms with E-state index in [4.69, 9.17) is 4.74 Å². The van der Waals surface area contributed by atoms with Crippen LogP contribution in [0.2, 0.25) is 0 Å². The first-order chi connectivity index (χ1) is 10.3. The zero-order valence-electron chi connectivity index (χ0n) is 12.5. The molecule has 5 heteroatoms. The van der Waals surface area contributed by atoms with E-state index in [1.165, 1.54) is 5.56 Å². The maximum absolute atomic E-state index is 12.3. The number of rotatable bonds is 4. The number of carbonyl (C=O) groups excluding carboxylic acids is 1. The molecule has 2 aliphatic rings. The summed E-state index contributed by atoms with van der Waals surface area (Å²) in [6, 6.07) is 8.16. The monoisotopic (exact) mass is 306 g/mol. The highest BCUT2D eigenvalue weighted by atomic mass is 32.2. The molecule has 0 unspecified atom stereocenters. The van der Waals surface area contributed by atoms with Crippen LogP contribution in [0.5, 0.6) is 5.75 Å². The van der Waals surface area contributed by atoms with Gasteiger partial charge in [0.1, 0.15) is 5.75 Å². The van der Waals surface area contributed by atoms with Gasteiger partial charge in [-0.1, -0.05) is 12.1 Å². The molecule has 0 radical (unpaired) electrons. The molecule has 0 aliphatic carbocycles. The van der Waals surface area contributed by atoms with E-state index in [9.17, 15) is 4.79 Å². The van der Waals surface area contributed by atoms with Crippen LogP contribution < -0.4 is 4.74 Å². The number of hydrogen-bond acceptors (Lipinski definition) is 4. The molecule has 0 spiro atoms. The average molecular weight is 306 g/mol. The van der Waals surface area contributed by atoms with Gasteiger partial charge in [0.15, 0.2) is 0 Å². The quantitative estimate of drug-likeness (QED) is 0.848. The molecule has 0 aromatic heterocycles. The fourth-order valence-electron chi connectivity index (χ4n) is 2.89. The van der Waals surface area contributed by atoms with Gasteiger partial charge in [-0.05, 0) is 17.7 Å². The highest BCUT2D eigenvalue weighted by Gasteiger charge is 2.35. The third-order valence-electron chi connectivity index (χ3n) is 4.19. The number of amides is 1. The Morgan fingerprint density at radius 2 is 1.90 bits per heavy atom. The molecule has 2 fully saturated rings. The summed E-state index contributed by atoms with van der Waals surface area (Å²) in [7, 11) is 1.68. The number of thioether (sulfide) groups is 1. The lowest BCUT2D eigenvalue weighted by Gasteiger charge is -2.41. The molecular weight excluding hydrogens is 284 g/mol. The molecule has 0 saturated carbocycles. The topological polar surface area (TPSA) is 32.8 Å². The molecule has 2 heterocycles. The van der Waals surface area contributed by atoms with Crippen molar-refractivity contribution in [3.8, 4) is 5.75 Å². The second-order valence-electron chi connectivity index (χ2n) is 5.68. The van der Waals surface area contributed by atoms with Crippen LogP contribution in [-0.2, 0) is 11.3 Å². The average Bonchev–Trinajstić information content (AvgIpc) is 2.51. The molecule has 4 nitrogen and oxygen atoms in total. The zero-order valence-corrected chi connectivity index (χ0v) is 13.3. The normalized spacial score (nSPS) is 20.1. The summed E-state index contributed by atoms with van der Waals surface area (Å²) in [6.45, 7) is 4.57. The molecule has 0 bridgehead atoms. The largest absolute Gasteiger partial charge is 0.497 e. The van der Waals surface area contributed by atoms with Gasteiger partial charge < -0.3 is 9.64 Å². The predicted octanol–water partition coefficient (Wildman–Crippen LogP) is 1.70. The number of ether oxygens (including phenoxy) is 1. The Bertz CT molecular complexity index is 480. The first-order valence-corrected chi connectivity index (χ1v) is 8.63. The summed E-state index contributed by atoms with van der Waals surface area (Å²) in [5, 5.41) is 0. The van der Waals surface area contributed by atoms with Gasteiger partial charge in [-0.3, -0.25) is 9.69 Å². The van der Waals surface area contributed by atoms with Crippen molar-refractivity contribution in [1.29, 1.82) is 0 Å². The van der Waals surface area contributed by atoms with Gasteiger partial charge in [0, 0.05) is 44.2 Å². The fraction of sp³-hybridized carbons (Fsp3) is 0.562. The Kier molecular flexibility index (Phi) is 4.70. The highest BCUT2D eigenvalue weighted by molar-refractivity contribution is 7.99. The second-order valence-corrected chi connectivity index (χ2v) is 6.90. The molecule has 1 aromatic rings. The number of benzene rings is 1. The molecule has 2 saturated heterocycles. The van der Waals surface area contributed by atoms with E-state index < -0.39 is 0 Å². The fourth-order valence-corrected chi connectivity index (χ4v) is 3.79. The van der Waals surface area contributed by atoms with Crippen molar-refractivity contribution in [2.75, 3.05) is 44.8 Å². The van der Waals surface area contributed by atoms with E-state index >= 15 is 0 Å². The summed E-state index contributed by atoms with van der Waals surface area (Å²) in [5.41, 5.74) is 1.27. The lowest BCUT2D eigenvalue weighted by atomic mass is 9.97. The van der Waals surface area contributed by atoms with Crippen molar-refractivity contribution in [3.05, 3.63) is 29.8 Å². The van der Waals surface area contributed by atoms with E-state index in [1.54, 1.807) is 7.11 Å². The van der Waals surface area contributed by atoms with E-state index in [-0.39, 0.29) is 5.92 Å². The van der Waals surface area contributed by atoms with Gasteiger partial charge in [0.2, 0.25) is 5.91 Å². The third-order valence-corrected chi connectivity index (χ3v) is 5.14. The summed E-state index contributed by atoms with van der Waals surface area (Å²) in [4.78, 5) is 16.7. The Morgan fingerprint density at radius 1 is 1.24 bits per heavy atom. The summed E-state index contributed by atoms with van der Waals surface area (Å²) < 4.78 is 5.16. The number of nitrogens with zero attached hydrogens (tertiary/aromatic N) is 2. The molecule has 1 aromatic carbocycles. The van der Waals surface area contributed by atoms with Crippen LogP contribution in [0.25, 0.3) is 0 Å². The first-order valence-electron chi connectivity index (χ1n) is 7.48. The SMILES string of the molecule is COc1ccc(CN2CC(C(=O)N3CCSCC3)C2)cc1. The standard InChI is InChI=1S/C16H22N2O2S/c1-20-15-4-2-13(3-5-15)10-17-11-14(12-17)16(19)18-6-8-21-9-7-18/h2-5,14H,6-12H2,1H3. The summed E-state index contributed by atoms with van der Waals surface area (Å²) in [5.74, 6) is 3.65. The number of hydrogen-bond donors (Lipinski definition) is 0. The van der Waals surface area contributed by atoms with Crippen LogP contribution >= 0.6 is 11.8 Å². The summed E-state index contributed by atoms with van der Waals surface area (Å²) >= 11 is 1.94. The van der Waals surface area contributed by atoms with Crippen LogP contribution in [0.3, 0.4) is 0 Å². The molecule has 114 valence electrons. The van der Waals surface area contributed by atoms with Crippen molar-refractivity contribution in [3.63, 3.8) is 0 Å². The lowest BCUT2D eigenvalue weighted by molar-refractivity contribution is -0.141. The molecule has 3 rings (SSSR count). The lowest BCUT2D eigenvalue weighted by Crippen LogP contribution is -2.55. The molecule has 0 atom stereocenters. The van der Waals surface area contributed by atoms with Crippen molar-refractivity contribution in [2.24, 2.45) is 5.92 Å². The Hall–Kier alpha value is -1.20. The molecule has 0 N–H and O–H groups in total. The van der Waals surface area contributed by atoms with Crippen LogP contribution in [0.1, 0.15) is 5.56 Å². The van der Waals surface area contributed by atoms with Crippen LogP contribution in [0, 0.1) is 5.92 Å². The summed E-state index contributed by atoms with van der Waals surface area (Å²) in [6.07, 6.45) is 0. The van der Waals surface area contributed by atoms with Gasteiger partial charge >= 0.3 is 0 Å². The molecule has 21 heavy (non-hydrogen) atoms. The first kappa shape index (κ1) is 14.7. The van der Waals surface area contributed by atoms with Gasteiger partial charge in [-0.25, -0.2) is 0 Å². The van der Waals surface area contributed by atoms with E-state index in [0.717, 1.165) is 50.0 Å². The van der Waals surface area contributed by atoms with Gasteiger partial charge in [0.05, 0.1) is 13.0 Å². The molecule has 1 amide bonds. The number of likely N-dealkylation sites (tertiary alicyclic amines) is 1. The Balaban J connectivity index is 1.45. The highest BCUT2D eigenvalue weighted by Crippen LogP contribution is 2.23. The van der Waals surface area contributed by atoms with Crippen molar-refractivity contribution >= 4 is 17.7 Å². The van der Waals surface area contributed by atoms with E-state index in [2.05, 4.69) is 17.0 Å². The second kappa shape index (κ2) is 6.71. The zero-order chi connectivity index (χ0) is 14.7. The molecule has 2 aliphatic heterocycles. The maximum atomic E-state index is 12.3. The van der Waals surface area contributed by atoms with Gasteiger partial charge in [-0.2, -0.15) is 11.8 Å². The maximum Gasteiger partial charge on any atom is 0.228 e. The third kappa shape index (κ3) is 3.52. The van der Waals surface area contributed by atoms with Gasteiger partial charge in [-0.15, -0.1) is 0 Å². The smallest absolute Gasteiger partial charge is 0.228 e. The number of methoxy groups -OCH3 is 1. The number of carbonyl (C=O) groups is 1. The molecular formula is C16H22N2O2S. The van der Waals surface area contributed by atoms with Crippen molar-refractivity contribution in [1.82, 2.24) is 9.80 Å². The van der Waals surface area contributed by atoms with E-state index in [0.29, 0.717) is 5.91 Å². The predicted molar refractivity (Wildman–Crippen MR) is 85.7 cm³/mol. The Morgan fingerprint density at radius 3 is 2.52 bits per heavy atom. The minimum Gasteiger partial charge on any atom is -0.497 e. The van der Waals surface area contributed by atoms with Crippen LogP contribution in [0.4, 0.5) is 0 Å².